The molecule has 30 heavy (non-hydrogen) atoms. The number of thiophene rings is 1. The Morgan fingerprint density at radius 1 is 1.23 bits per heavy atom. The Balaban J connectivity index is 1.96. The van der Waals surface area contributed by atoms with Crippen molar-refractivity contribution in [1.82, 2.24) is 9.71 Å². The van der Waals surface area contributed by atoms with Gasteiger partial charge in [0, 0.05) is 43.8 Å². The van der Waals surface area contributed by atoms with Crippen molar-refractivity contribution in [2.75, 3.05) is 13.2 Å². The lowest BCUT2D eigenvalue weighted by atomic mass is 9.93. The highest BCUT2D eigenvalue weighted by atomic mass is 32.2. The van der Waals surface area contributed by atoms with Gasteiger partial charge in [-0.1, -0.05) is 12.1 Å². The van der Waals surface area contributed by atoms with Crippen molar-refractivity contribution in [2.45, 2.75) is 4.90 Å². The van der Waals surface area contributed by atoms with E-state index in [4.69, 9.17) is 5.53 Å². The molecule has 0 aliphatic heterocycles. The number of aromatic amines is 1. The van der Waals surface area contributed by atoms with Crippen LogP contribution < -0.4 is 10.3 Å². The van der Waals surface area contributed by atoms with Crippen LogP contribution in [-0.4, -0.2) is 24.1 Å². The maximum Gasteiger partial charge on any atom is 0.266 e. The topological polar surface area (TPSA) is 111 Å². The van der Waals surface area contributed by atoms with E-state index in [0.717, 1.165) is 15.8 Å². The van der Waals surface area contributed by atoms with Crippen molar-refractivity contribution in [3.63, 3.8) is 0 Å². The molecule has 0 radical (unpaired) electrons. The highest BCUT2D eigenvalue weighted by Crippen LogP contribution is 2.37. The summed E-state index contributed by atoms with van der Waals surface area (Å²) in [6, 6.07) is 12.4. The van der Waals surface area contributed by atoms with E-state index in [1.807, 2.05) is 35.7 Å². The molecule has 4 aromatic rings. The number of carbonyl (C=O) groups excluding carboxylic acids is 1. The van der Waals surface area contributed by atoms with E-state index in [1.54, 1.807) is 12.1 Å². The minimum absolute atomic E-state index is 0.196. The van der Waals surface area contributed by atoms with Gasteiger partial charge in [-0.05, 0) is 63.9 Å². The molecule has 0 fully saturated rings. The first kappa shape index (κ1) is 20.1. The van der Waals surface area contributed by atoms with Gasteiger partial charge in [0.15, 0.2) is 0 Å². The van der Waals surface area contributed by atoms with E-state index >= 15 is 0 Å². The van der Waals surface area contributed by atoms with Gasteiger partial charge in [-0.3, -0.25) is 14.3 Å². The van der Waals surface area contributed by atoms with Crippen LogP contribution in [0.2, 0.25) is 0 Å². The van der Waals surface area contributed by atoms with E-state index < -0.39 is 12.6 Å². The van der Waals surface area contributed by atoms with Crippen LogP contribution in [0.4, 0.5) is 4.39 Å². The van der Waals surface area contributed by atoms with Crippen LogP contribution in [0.5, 0.6) is 0 Å². The zero-order valence-corrected chi connectivity index (χ0v) is 17.0. The summed E-state index contributed by atoms with van der Waals surface area (Å²) in [4.78, 5) is 31.3. The molecule has 2 heterocycles. The molecule has 0 saturated carbocycles. The monoisotopic (exact) mass is 439 g/mol. The zero-order valence-electron chi connectivity index (χ0n) is 15.4. The van der Waals surface area contributed by atoms with Gasteiger partial charge in [-0.25, -0.2) is 4.39 Å². The van der Waals surface area contributed by atoms with Crippen molar-refractivity contribution >= 4 is 50.2 Å². The van der Waals surface area contributed by atoms with Gasteiger partial charge in [-0.15, -0.1) is 11.3 Å². The summed E-state index contributed by atoms with van der Waals surface area (Å²) in [5.74, 6) is -0.702. The van der Waals surface area contributed by atoms with Gasteiger partial charge in [0.1, 0.15) is 11.4 Å². The Labute approximate surface area is 177 Å². The molecule has 7 nitrogen and oxygen atoms in total. The predicted molar refractivity (Wildman–Crippen MR) is 119 cm³/mol. The Hall–Kier alpha value is -3.17. The number of aromatic nitrogens is 1. The fraction of sp³-hybridized carbons (Fsp3) is 0.100. The summed E-state index contributed by atoms with van der Waals surface area (Å²) < 4.78 is 15.7. The van der Waals surface area contributed by atoms with Crippen LogP contribution in [0.3, 0.4) is 0 Å². The molecule has 2 aromatic carbocycles. The number of amides is 1. The molecular weight excluding hydrogens is 425 g/mol. The third-order valence-electron chi connectivity index (χ3n) is 4.49. The molecular formula is C20H14FN5O2S2. The Morgan fingerprint density at radius 3 is 2.77 bits per heavy atom. The second-order valence-corrected chi connectivity index (χ2v) is 8.11. The Morgan fingerprint density at radius 2 is 2.03 bits per heavy atom. The van der Waals surface area contributed by atoms with Gasteiger partial charge < -0.3 is 4.98 Å². The molecule has 0 spiro atoms. The standard InChI is InChI=1S/C20H14FN5O2S2/c21-8-9-23-30-12-3-1-11(2-4-12)16-14(19(27)25-26-22)5-6-15-17(16)13-7-10-29-18(13)20(28)24-15/h1-7,10,23H,8-9H2,(H,24,28). The first-order chi connectivity index (χ1) is 14.6. The van der Waals surface area contributed by atoms with Crippen molar-refractivity contribution in [2.24, 2.45) is 5.11 Å². The number of H-pyrrole nitrogens is 1. The molecule has 0 unspecified atom stereocenters. The number of alkyl halides is 1. The fourth-order valence-electron chi connectivity index (χ4n) is 3.28. The van der Waals surface area contributed by atoms with E-state index in [0.29, 0.717) is 21.2 Å². The molecule has 150 valence electrons. The highest BCUT2D eigenvalue weighted by Gasteiger charge is 2.19. The summed E-state index contributed by atoms with van der Waals surface area (Å²) in [7, 11) is 0. The van der Waals surface area contributed by atoms with E-state index in [1.165, 1.54) is 23.3 Å². The van der Waals surface area contributed by atoms with Gasteiger partial charge in [0.25, 0.3) is 5.56 Å². The van der Waals surface area contributed by atoms with Crippen LogP contribution in [-0.2, 0) is 0 Å². The number of halogens is 1. The lowest BCUT2D eigenvalue weighted by Crippen LogP contribution is -2.07. The summed E-state index contributed by atoms with van der Waals surface area (Å²) >= 11 is 2.63. The Kier molecular flexibility index (Phi) is 5.82. The predicted octanol–water partition coefficient (Wildman–Crippen LogP) is 5.43. The third kappa shape index (κ3) is 3.69. The third-order valence-corrected chi connectivity index (χ3v) is 6.26. The minimum Gasteiger partial charge on any atom is -0.321 e. The smallest absolute Gasteiger partial charge is 0.266 e. The van der Waals surface area contributed by atoms with Crippen molar-refractivity contribution in [3.05, 3.63) is 74.2 Å². The molecule has 0 saturated heterocycles. The van der Waals surface area contributed by atoms with Gasteiger partial charge >= 0.3 is 0 Å². The second-order valence-electron chi connectivity index (χ2n) is 6.23. The maximum atomic E-state index is 12.5. The number of carbonyl (C=O) groups is 1. The minimum atomic E-state index is -0.702. The van der Waals surface area contributed by atoms with E-state index in [9.17, 15) is 14.0 Å². The summed E-state index contributed by atoms with van der Waals surface area (Å²) in [6.07, 6.45) is 0. The first-order valence-electron chi connectivity index (χ1n) is 8.85. The number of benzene rings is 2. The molecule has 2 N–H and O–H groups in total. The number of hydrogen-bond acceptors (Lipinski definition) is 5. The molecule has 1 amide bonds. The quantitative estimate of drug-likeness (QED) is 0.137. The average Bonchev–Trinajstić information content (AvgIpc) is 3.25. The molecule has 4 rings (SSSR count). The number of fused-ring (bicyclic) bond motifs is 3. The van der Waals surface area contributed by atoms with Gasteiger partial charge in [0.05, 0.1) is 0 Å². The maximum absolute atomic E-state index is 12.5. The first-order valence-corrected chi connectivity index (χ1v) is 10.6. The largest absolute Gasteiger partial charge is 0.321 e. The van der Waals surface area contributed by atoms with Crippen LogP contribution in [0.25, 0.3) is 42.6 Å². The van der Waals surface area contributed by atoms with Crippen molar-refractivity contribution < 1.29 is 9.18 Å². The summed E-state index contributed by atoms with van der Waals surface area (Å²) in [5.41, 5.74) is 10.7. The van der Waals surface area contributed by atoms with Crippen molar-refractivity contribution in [3.8, 4) is 11.1 Å². The number of azide groups is 1. The second kappa shape index (κ2) is 8.68. The molecule has 0 bridgehead atoms. The lowest BCUT2D eigenvalue weighted by Gasteiger charge is -2.13. The number of nitrogens with one attached hydrogen (secondary N) is 2. The molecule has 10 heteroatoms. The number of rotatable bonds is 6. The lowest BCUT2D eigenvalue weighted by molar-refractivity contribution is 0.100. The number of hydrogen-bond donors (Lipinski definition) is 2. The Bertz CT molecular complexity index is 1360. The fourth-order valence-corrected chi connectivity index (χ4v) is 4.70. The molecule has 2 aromatic heterocycles. The highest BCUT2D eigenvalue weighted by molar-refractivity contribution is 7.97. The SMILES string of the molecule is [N-]=[N+]=NC(=O)c1ccc2[nH]c(=O)c3sccc3c2c1-c1ccc(SNCCF)cc1. The normalized spacial score (nSPS) is 11.0. The van der Waals surface area contributed by atoms with Crippen LogP contribution in [0.1, 0.15) is 10.4 Å². The van der Waals surface area contributed by atoms with Crippen LogP contribution >= 0.6 is 23.3 Å². The average molecular weight is 439 g/mol. The molecule has 0 aliphatic rings. The number of pyridine rings is 1. The molecule has 0 aliphatic carbocycles. The zero-order chi connectivity index (χ0) is 21.1. The van der Waals surface area contributed by atoms with Gasteiger partial charge in [0.2, 0.25) is 5.91 Å². The summed E-state index contributed by atoms with van der Waals surface area (Å²) in [6.45, 7) is -0.217. The number of nitrogens with zero attached hydrogens (tertiary/aromatic N) is 3. The van der Waals surface area contributed by atoms with Crippen molar-refractivity contribution in [1.29, 1.82) is 0 Å². The van der Waals surface area contributed by atoms with Gasteiger partial charge in [-0.2, -0.15) is 0 Å². The van der Waals surface area contributed by atoms with E-state index in [-0.39, 0.29) is 17.7 Å². The van der Waals surface area contributed by atoms with E-state index in [2.05, 4.69) is 19.7 Å². The summed E-state index contributed by atoms with van der Waals surface area (Å²) in [5, 5.41) is 6.52. The molecule has 0 atom stereocenters. The van der Waals surface area contributed by atoms with Crippen LogP contribution in [0, 0.1) is 0 Å². The van der Waals surface area contributed by atoms with Crippen LogP contribution in [0.15, 0.2) is 62.6 Å².